The van der Waals surface area contributed by atoms with Crippen molar-refractivity contribution in [3.05, 3.63) is 12.2 Å². The molecule has 118 valence electrons. The molecule has 21 heavy (non-hydrogen) atoms. The Hall–Kier alpha value is -1.28. The van der Waals surface area contributed by atoms with Gasteiger partial charge in [-0.1, -0.05) is 0 Å². The van der Waals surface area contributed by atoms with Crippen LogP contribution in [0.2, 0.25) is 0 Å². The second-order valence-electron chi connectivity index (χ2n) is 5.00. The van der Waals surface area contributed by atoms with E-state index in [0.717, 1.165) is 43.4 Å². The van der Waals surface area contributed by atoms with E-state index in [-0.39, 0.29) is 12.1 Å². The van der Waals surface area contributed by atoms with Crippen LogP contribution in [0.3, 0.4) is 0 Å². The molecule has 1 aromatic heterocycles. The number of aromatic nitrogens is 3. The first kappa shape index (κ1) is 16.1. The monoisotopic (exact) mass is 313 g/mol. The third-order valence-electron chi connectivity index (χ3n) is 3.42. The molecule has 1 aliphatic rings. The summed E-state index contributed by atoms with van der Waals surface area (Å²) in [6, 6.07) is -0.175. The number of methoxy groups -OCH3 is 1. The average Bonchev–Trinajstić information content (AvgIpc) is 2.97. The van der Waals surface area contributed by atoms with Gasteiger partial charge in [0.2, 0.25) is 0 Å². The number of urea groups is 1. The van der Waals surface area contributed by atoms with Crippen molar-refractivity contribution in [2.45, 2.75) is 25.9 Å². The minimum Gasteiger partial charge on any atom is -0.385 e. The number of nitrogens with zero attached hydrogens (tertiary/aromatic N) is 4. The number of nitrogens with one attached hydrogen (secondary N) is 1. The average molecular weight is 313 g/mol. The SMILES string of the molecule is COCCCn1cnnc1[C@@H](C)NC(=O)N1CCSCC1. The van der Waals surface area contributed by atoms with Crippen molar-refractivity contribution in [1.29, 1.82) is 0 Å². The molecule has 8 heteroatoms. The van der Waals surface area contributed by atoms with E-state index < -0.39 is 0 Å². The standard InChI is InChI=1S/C13H23N5O2S/c1-11(15-13(19)17-5-8-21-9-6-17)12-16-14-10-18(12)4-3-7-20-2/h10-11H,3-9H2,1-2H3,(H,15,19)/t11-/m1/s1. The Morgan fingerprint density at radius 3 is 3.00 bits per heavy atom. The minimum absolute atomic E-state index is 0.0192. The van der Waals surface area contributed by atoms with Gasteiger partial charge in [0, 0.05) is 44.9 Å². The van der Waals surface area contributed by atoms with E-state index in [2.05, 4.69) is 15.5 Å². The van der Waals surface area contributed by atoms with Crippen molar-refractivity contribution < 1.29 is 9.53 Å². The molecule has 1 N–H and O–H groups in total. The van der Waals surface area contributed by atoms with E-state index in [4.69, 9.17) is 4.74 Å². The topological polar surface area (TPSA) is 72.3 Å². The highest BCUT2D eigenvalue weighted by Crippen LogP contribution is 2.13. The molecule has 0 radical (unpaired) electrons. The second-order valence-corrected chi connectivity index (χ2v) is 6.22. The van der Waals surface area contributed by atoms with Crippen LogP contribution in [0.15, 0.2) is 6.33 Å². The van der Waals surface area contributed by atoms with Gasteiger partial charge in [0.25, 0.3) is 0 Å². The van der Waals surface area contributed by atoms with Gasteiger partial charge in [-0.05, 0) is 13.3 Å². The van der Waals surface area contributed by atoms with Gasteiger partial charge >= 0.3 is 6.03 Å². The maximum absolute atomic E-state index is 12.2. The van der Waals surface area contributed by atoms with Crippen LogP contribution in [-0.4, -0.2) is 64.0 Å². The fourth-order valence-electron chi connectivity index (χ4n) is 2.26. The molecule has 2 heterocycles. The molecule has 0 bridgehead atoms. The van der Waals surface area contributed by atoms with Crippen molar-refractivity contribution >= 4 is 17.8 Å². The Kier molecular flexibility index (Phi) is 6.31. The maximum Gasteiger partial charge on any atom is 0.318 e. The smallest absolute Gasteiger partial charge is 0.318 e. The first-order valence-corrected chi connectivity index (χ1v) is 8.37. The van der Waals surface area contributed by atoms with E-state index in [1.807, 2.05) is 28.2 Å². The fraction of sp³-hybridized carbons (Fsp3) is 0.769. The van der Waals surface area contributed by atoms with Gasteiger partial charge in [0.15, 0.2) is 5.82 Å². The zero-order chi connectivity index (χ0) is 15.1. The Bertz CT molecular complexity index is 448. The first-order valence-electron chi connectivity index (χ1n) is 7.22. The van der Waals surface area contributed by atoms with Gasteiger partial charge < -0.3 is 19.5 Å². The summed E-state index contributed by atoms with van der Waals surface area (Å²) < 4.78 is 7.02. The molecule has 1 aliphatic heterocycles. The van der Waals surface area contributed by atoms with Crippen LogP contribution in [-0.2, 0) is 11.3 Å². The summed E-state index contributed by atoms with van der Waals surface area (Å²) in [5.41, 5.74) is 0. The van der Waals surface area contributed by atoms with E-state index in [9.17, 15) is 4.79 Å². The highest BCUT2D eigenvalue weighted by molar-refractivity contribution is 7.99. The molecule has 1 saturated heterocycles. The summed E-state index contributed by atoms with van der Waals surface area (Å²) in [6.07, 6.45) is 2.59. The van der Waals surface area contributed by atoms with Gasteiger partial charge in [0.05, 0.1) is 6.04 Å². The highest BCUT2D eigenvalue weighted by Gasteiger charge is 2.21. The molecule has 2 rings (SSSR count). The van der Waals surface area contributed by atoms with Gasteiger partial charge in [-0.15, -0.1) is 10.2 Å². The summed E-state index contributed by atoms with van der Waals surface area (Å²) in [7, 11) is 1.69. The molecule has 0 saturated carbocycles. The lowest BCUT2D eigenvalue weighted by Crippen LogP contribution is -2.45. The molecule has 7 nitrogen and oxygen atoms in total. The van der Waals surface area contributed by atoms with Crippen LogP contribution in [0.1, 0.15) is 25.2 Å². The molecule has 2 amide bonds. The Morgan fingerprint density at radius 1 is 1.52 bits per heavy atom. The number of thioether (sulfide) groups is 1. The van der Waals surface area contributed by atoms with Crippen molar-refractivity contribution in [2.75, 3.05) is 38.3 Å². The molecular formula is C13H23N5O2S. The van der Waals surface area contributed by atoms with Crippen molar-refractivity contribution in [3.8, 4) is 0 Å². The largest absolute Gasteiger partial charge is 0.385 e. The Labute approximate surface area is 129 Å². The molecule has 0 spiro atoms. The number of rotatable bonds is 6. The normalized spacial score (nSPS) is 16.8. The Morgan fingerprint density at radius 2 is 2.29 bits per heavy atom. The second kappa shape index (κ2) is 8.23. The Balaban J connectivity index is 1.88. The van der Waals surface area contributed by atoms with Crippen molar-refractivity contribution in [2.24, 2.45) is 0 Å². The molecule has 1 fully saturated rings. The number of hydrogen-bond acceptors (Lipinski definition) is 5. The first-order chi connectivity index (χ1) is 10.2. The molecule has 0 aromatic carbocycles. The van der Waals surface area contributed by atoms with E-state index in [1.165, 1.54) is 0 Å². The van der Waals surface area contributed by atoms with E-state index in [0.29, 0.717) is 6.61 Å². The van der Waals surface area contributed by atoms with Crippen LogP contribution >= 0.6 is 11.8 Å². The zero-order valence-electron chi connectivity index (χ0n) is 12.6. The summed E-state index contributed by atoms with van der Waals surface area (Å²) >= 11 is 1.89. The van der Waals surface area contributed by atoms with Crippen LogP contribution in [0.4, 0.5) is 4.79 Å². The number of amides is 2. The summed E-state index contributed by atoms with van der Waals surface area (Å²) in [5, 5.41) is 11.1. The summed E-state index contributed by atoms with van der Waals surface area (Å²) in [5.74, 6) is 2.80. The number of carbonyl (C=O) groups excluding carboxylic acids is 1. The van der Waals surface area contributed by atoms with Crippen LogP contribution in [0.25, 0.3) is 0 Å². The number of hydrogen-bond donors (Lipinski definition) is 1. The lowest BCUT2D eigenvalue weighted by atomic mass is 10.3. The third-order valence-corrected chi connectivity index (χ3v) is 4.36. The van der Waals surface area contributed by atoms with Crippen LogP contribution < -0.4 is 5.32 Å². The van der Waals surface area contributed by atoms with Crippen molar-refractivity contribution in [3.63, 3.8) is 0 Å². The third kappa shape index (κ3) is 4.60. The summed E-state index contributed by atoms with van der Waals surface area (Å²) in [4.78, 5) is 14.1. The van der Waals surface area contributed by atoms with Gasteiger partial charge in [-0.3, -0.25) is 0 Å². The van der Waals surface area contributed by atoms with Gasteiger partial charge in [0.1, 0.15) is 6.33 Å². The molecule has 1 aromatic rings. The summed E-state index contributed by atoms with van der Waals surface area (Å²) in [6.45, 7) is 5.04. The van der Waals surface area contributed by atoms with E-state index in [1.54, 1.807) is 13.4 Å². The van der Waals surface area contributed by atoms with Crippen LogP contribution in [0, 0.1) is 0 Å². The number of carbonyl (C=O) groups is 1. The molecular weight excluding hydrogens is 290 g/mol. The number of aryl methyl sites for hydroxylation is 1. The lowest BCUT2D eigenvalue weighted by molar-refractivity contribution is 0.189. The predicted molar refractivity (Wildman–Crippen MR) is 82.4 cm³/mol. The molecule has 0 aliphatic carbocycles. The fourth-order valence-corrected chi connectivity index (χ4v) is 3.16. The maximum atomic E-state index is 12.2. The number of ether oxygens (including phenoxy) is 1. The van der Waals surface area contributed by atoms with Gasteiger partial charge in [-0.25, -0.2) is 4.79 Å². The zero-order valence-corrected chi connectivity index (χ0v) is 13.4. The minimum atomic E-state index is -0.155. The van der Waals surface area contributed by atoms with Gasteiger partial charge in [-0.2, -0.15) is 11.8 Å². The van der Waals surface area contributed by atoms with Crippen molar-refractivity contribution in [1.82, 2.24) is 25.0 Å². The quantitative estimate of drug-likeness (QED) is 0.797. The molecule has 1 atom stereocenters. The predicted octanol–water partition coefficient (Wildman–Crippen LogP) is 1.13. The van der Waals surface area contributed by atoms with E-state index >= 15 is 0 Å². The van der Waals surface area contributed by atoms with Crippen LogP contribution in [0.5, 0.6) is 0 Å². The lowest BCUT2D eigenvalue weighted by Gasteiger charge is -2.28. The molecule has 0 unspecified atom stereocenters. The highest BCUT2D eigenvalue weighted by atomic mass is 32.2.